The predicted octanol–water partition coefficient (Wildman–Crippen LogP) is 0.509. The van der Waals surface area contributed by atoms with Crippen LogP contribution in [0.3, 0.4) is 0 Å². The molecule has 1 unspecified atom stereocenters. The van der Waals surface area contributed by atoms with Gasteiger partial charge in [0.1, 0.15) is 0 Å². The van der Waals surface area contributed by atoms with E-state index in [-0.39, 0.29) is 11.9 Å². The van der Waals surface area contributed by atoms with Gasteiger partial charge in [-0.05, 0) is 19.1 Å². The quantitative estimate of drug-likeness (QED) is 0.795. The average Bonchev–Trinajstić information content (AvgIpc) is 2.95. The first kappa shape index (κ1) is 16.0. The molecule has 0 radical (unpaired) electrons. The van der Waals surface area contributed by atoms with E-state index < -0.39 is 0 Å². The minimum atomic E-state index is -0.0402. The van der Waals surface area contributed by atoms with Crippen LogP contribution in [0.5, 0.6) is 0 Å². The van der Waals surface area contributed by atoms with E-state index in [1.54, 1.807) is 0 Å². The summed E-state index contributed by atoms with van der Waals surface area (Å²) in [5, 5.41) is 3.03. The first-order valence-corrected chi connectivity index (χ1v) is 7.90. The van der Waals surface area contributed by atoms with Crippen molar-refractivity contribution in [2.24, 2.45) is 5.73 Å². The van der Waals surface area contributed by atoms with Crippen LogP contribution in [-0.2, 0) is 4.74 Å². The molecule has 1 aromatic heterocycles. The molecular formula is C15H21N3O2S. The van der Waals surface area contributed by atoms with Crippen molar-refractivity contribution in [1.82, 2.24) is 10.2 Å². The summed E-state index contributed by atoms with van der Waals surface area (Å²) in [6, 6.07) is 3.77. The predicted molar refractivity (Wildman–Crippen MR) is 84.4 cm³/mol. The zero-order valence-corrected chi connectivity index (χ0v) is 13.0. The third-order valence-electron chi connectivity index (χ3n) is 3.16. The topological polar surface area (TPSA) is 67.6 Å². The van der Waals surface area contributed by atoms with Crippen molar-refractivity contribution in [2.75, 3.05) is 39.4 Å². The summed E-state index contributed by atoms with van der Waals surface area (Å²) in [5.74, 6) is 5.69. The molecule has 2 rings (SSSR count). The van der Waals surface area contributed by atoms with Gasteiger partial charge in [-0.2, -0.15) is 0 Å². The van der Waals surface area contributed by atoms with E-state index in [4.69, 9.17) is 10.5 Å². The smallest absolute Gasteiger partial charge is 0.261 e. The minimum Gasteiger partial charge on any atom is -0.379 e. The van der Waals surface area contributed by atoms with E-state index in [2.05, 4.69) is 22.1 Å². The Morgan fingerprint density at radius 2 is 2.29 bits per heavy atom. The molecule has 1 aliphatic heterocycles. The Bertz CT molecular complexity index is 527. The third kappa shape index (κ3) is 5.14. The van der Waals surface area contributed by atoms with Crippen molar-refractivity contribution in [2.45, 2.75) is 13.0 Å². The summed E-state index contributed by atoms with van der Waals surface area (Å²) in [6.07, 6.45) is 0. The number of nitrogens with zero attached hydrogens (tertiary/aromatic N) is 1. The van der Waals surface area contributed by atoms with Crippen molar-refractivity contribution in [3.05, 3.63) is 21.9 Å². The van der Waals surface area contributed by atoms with Gasteiger partial charge in [0.2, 0.25) is 0 Å². The van der Waals surface area contributed by atoms with Gasteiger partial charge >= 0.3 is 0 Å². The van der Waals surface area contributed by atoms with Crippen LogP contribution in [-0.4, -0.2) is 56.2 Å². The molecule has 0 aliphatic carbocycles. The molecule has 1 saturated heterocycles. The molecule has 0 bridgehead atoms. The Labute approximate surface area is 129 Å². The number of nitrogens with one attached hydrogen (secondary N) is 1. The molecule has 0 spiro atoms. The zero-order chi connectivity index (χ0) is 15.1. The maximum atomic E-state index is 12.2. The fourth-order valence-corrected chi connectivity index (χ4v) is 2.96. The molecule has 114 valence electrons. The number of hydrogen-bond acceptors (Lipinski definition) is 5. The van der Waals surface area contributed by atoms with Crippen LogP contribution in [0.25, 0.3) is 0 Å². The highest BCUT2D eigenvalue weighted by Gasteiger charge is 2.16. The Morgan fingerprint density at radius 3 is 3.00 bits per heavy atom. The molecule has 3 N–H and O–H groups in total. The van der Waals surface area contributed by atoms with Crippen LogP contribution in [0.15, 0.2) is 12.1 Å². The average molecular weight is 307 g/mol. The van der Waals surface area contributed by atoms with Crippen LogP contribution in [0.1, 0.15) is 21.5 Å². The molecule has 21 heavy (non-hydrogen) atoms. The number of hydrogen-bond donors (Lipinski definition) is 2. The lowest BCUT2D eigenvalue weighted by Gasteiger charge is -2.29. The molecule has 5 nitrogen and oxygen atoms in total. The summed E-state index contributed by atoms with van der Waals surface area (Å²) in [4.78, 5) is 16.0. The van der Waals surface area contributed by atoms with Gasteiger partial charge in [0, 0.05) is 25.7 Å². The SMILES string of the molecule is CC(CN1CCOCC1)NC(=O)c1ccc(C#CCN)s1. The van der Waals surface area contributed by atoms with Gasteiger partial charge in [-0.3, -0.25) is 9.69 Å². The normalized spacial score (nSPS) is 16.9. The third-order valence-corrected chi connectivity index (χ3v) is 4.16. The van der Waals surface area contributed by atoms with E-state index in [0.717, 1.165) is 37.7 Å². The van der Waals surface area contributed by atoms with Crippen molar-refractivity contribution >= 4 is 17.2 Å². The highest BCUT2D eigenvalue weighted by atomic mass is 32.1. The van der Waals surface area contributed by atoms with Crippen molar-refractivity contribution < 1.29 is 9.53 Å². The molecule has 2 heterocycles. The molecule has 1 aliphatic rings. The zero-order valence-electron chi connectivity index (χ0n) is 12.2. The van der Waals surface area contributed by atoms with E-state index in [1.165, 1.54) is 11.3 Å². The standard InChI is InChI=1S/C15H21N3O2S/c1-12(11-18-7-9-20-10-8-18)17-15(19)14-5-4-13(21-14)3-2-6-16/h4-5,12H,6-11,16H2,1H3,(H,17,19). The van der Waals surface area contributed by atoms with E-state index in [9.17, 15) is 4.79 Å². The number of ether oxygens (including phenoxy) is 1. The number of carbonyl (C=O) groups excluding carboxylic acids is 1. The van der Waals surface area contributed by atoms with Gasteiger partial charge in [-0.15, -0.1) is 11.3 Å². The molecule has 0 saturated carbocycles. The van der Waals surface area contributed by atoms with E-state index in [0.29, 0.717) is 11.4 Å². The van der Waals surface area contributed by atoms with Crippen LogP contribution in [0.2, 0.25) is 0 Å². The number of amides is 1. The Morgan fingerprint density at radius 1 is 1.52 bits per heavy atom. The van der Waals surface area contributed by atoms with Crippen LogP contribution >= 0.6 is 11.3 Å². The summed E-state index contributed by atoms with van der Waals surface area (Å²) in [5.41, 5.74) is 5.34. The summed E-state index contributed by atoms with van der Waals surface area (Å²) >= 11 is 1.39. The van der Waals surface area contributed by atoms with E-state index >= 15 is 0 Å². The first-order valence-electron chi connectivity index (χ1n) is 7.09. The molecule has 1 amide bonds. The fourth-order valence-electron chi connectivity index (χ4n) is 2.18. The lowest BCUT2D eigenvalue weighted by Crippen LogP contribution is -2.45. The van der Waals surface area contributed by atoms with Crippen molar-refractivity contribution in [1.29, 1.82) is 0 Å². The lowest BCUT2D eigenvalue weighted by atomic mass is 10.2. The van der Waals surface area contributed by atoms with Gasteiger partial charge < -0.3 is 15.8 Å². The van der Waals surface area contributed by atoms with Gasteiger partial charge in [0.25, 0.3) is 5.91 Å². The highest BCUT2D eigenvalue weighted by molar-refractivity contribution is 7.14. The molecule has 1 aromatic rings. The number of carbonyl (C=O) groups is 1. The number of thiophene rings is 1. The van der Waals surface area contributed by atoms with Crippen molar-refractivity contribution in [3.63, 3.8) is 0 Å². The number of rotatable bonds is 4. The Balaban J connectivity index is 1.83. The molecule has 0 aromatic carbocycles. The van der Waals surface area contributed by atoms with Gasteiger partial charge in [-0.1, -0.05) is 11.8 Å². The van der Waals surface area contributed by atoms with Crippen LogP contribution in [0, 0.1) is 11.8 Å². The van der Waals surface area contributed by atoms with Gasteiger partial charge in [0.15, 0.2) is 0 Å². The van der Waals surface area contributed by atoms with Crippen LogP contribution in [0.4, 0.5) is 0 Å². The molecule has 6 heteroatoms. The lowest BCUT2D eigenvalue weighted by molar-refractivity contribution is 0.0342. The van der Waals surface area contributed by atoms with Gasteiger partial charge in [-0.25, -0.2) is 0 Å². The summed E-state index contributed by atoms with van der Waals surface area (Å²) in [7, 11) is 0. The minimum absolute atomic E-state index is 0.0402. The second kappa shape index (κ2) is 8.15. The summed E-state index contributed by atoms with van der Waals surface area (Å²) in [6.45, 7) is 6.60. The Kier molecular flexibility index (Phi) is 6.21. The van der Waals surface area contributed by atoms with Crippen LogP contribution < -0.4 is 11.1 Å². The molecular weight excluding hydrogens is 286 g/mol. The monoisotopic (exact) mass is 307 g/mol. The second-order valence-corrected chi connectivity index (χ2v) is 6.04. The fraction of sp³-hybridized carbons (Fsp3) is 0.533. The summed E-state index contributed by atoms with van der Waals surface area (Å²) < 4.78 is 5.32. The van der Waals surface area contributed by atoms with E-state index in [1.807, 2.05) is 19.1 Å². The van der Waals surface area contributed by atoms with Crippen molar-refractivity contribution in [3.8, 4) is 11.8 Å². The highest BCUT2D eigenvalue weighted by Crippen LogP contribution is 2.15. The second-order valence-electron chi connectivity index (χ2n) is 4.96. The maximum absolute atomic E-state index is 12.2. The molecule has 1 atom stereocenters. The first-order chi connectivity index (χ1) is 10.2. The number of morpholine rings is 1. The Hall–Kier alpha value is -1.39. The maximum Gasteiger partial charge on any atom is 0.261 e. The largest absolute Gasteiger partial charge is 0.379 e. The number of nitrogens with two attached hydrogens (primary N) is 1. The van der Waals surface area contributed by atoms with Gasteiger partial charge in [0.05, 0.1) is 29.5 Å². The molecule has 1 fully saturated rings.